The molecule has 0 radical (unpaired) electrons. The number of aliphatic hydroxyl groups excluding tert-OH is 2. The summed E-state index contributed by atoms with van der Waals surface area (Å²) in [5, 5.41) is 28.7. The van der Waals surface area contributed by atoms with E-state index in [0.717, 1.165) is 19.3 Å². The summed E-state index contributed by atoms with van der Waals surface area (Å²) < 4.78 is 0. The summed E-state index contributed by atoms with van der Waals surface area (Å²) >= 11 is 0. The highest BCUT2D eigenvalue weighted by Gasteiger charge is 2.39. The summed E-state index contributed by atoms with van der Waals surface area (Å²) in [7, 11) is 0. The molecule has 0 aromatic heterocycles. The molecule has 142 valence electrons. The second kappa shape index (κ2) is 12.0. The average molecular weight is 352 g/mol. The van der Waals surface area contributed by atoms with Gasteiger partial charge in [-0.25, -0.2) is 0 Å². The molecular weight excluding hydrogens is 320 g/mol. The molecule has 1 aliphatic carbocycles. The number of aliphatic carboxylic acids is 1. The second-order valence-electron chi connectivity index (χ2n) is 6.86. The normalized spacial score (nSPS) is 25.2. The van der Waals surface area contributed by atoms with Gasteiger partial charge >= 0.3 is 5.97 Å². The molecule has 1 unspecified atom stereocenters. The van der Waals surface area contributed by atoms with Gasteiger partial charge in [0.1, 0.15) is 5.78 Å². The van der Waals surface area contributed by atoms with Crippen LogP contribution in [0.5, 0.6) is 0 Å². The zero-order valence-electron chi connectivity index (χ0n) is 15.1. The molecule has 4 atom stereocenters. The van der Waals surface area contributed by atoms with Crippen molar-refractivity contribution < 1.29 is 24.9 Å². The number of aliphatic hydroxyl groups is 2. The van der Waals surface area contributed by atoms with Gasteiger partial charge in [0, 0.05) is 24.7 Å². The number of carbonyl (C=O) groups excluding carboxylic acids is 1. The zero-order valence-corrected chi connectivity index (χ0v) is 15.1. The molecule has 0 aromatic rings. The minimum absolute atomic E-state index is 0.0535. The van der Waals surface area contributed by atoms with Crippen LogP contribution in [0.4, 0.5) is 0 Å². The standard InChI is InChI=1S/C20H32O5/c1-2-3-6-9-15(21)12-13-17-16(18(22)14-19(17)23)10-7-4-5-8-11-20(24)25/h4,7,12-13,15-17,19,21,23H,2-3,5-6,8-11,14H2,1H3,(H,24,25)/b7-4-,13-12+/t15-,16+,17?,19+/m0/s1. The van der Waals surface area contributed by atoms with Crippen LogP contribution in [0.25, 0.3) is 0 Å². The van der Waals surface area contributed by atoms with E-state index in [9.17, 15) is 19.8 Å². The summed E-state index contributed by atoms with van der Waals surface area (Å²) in [4.78, 5) is 22.5. The summed E-state index contributed by atoms with van der Waals surface area (Å²) in [5.41, 5.74) is 0. The Labute approximate surface area is 150 Å². The molecule has 0 bridgehead atoms. The van der Waals surface area contributed by atoms with Crippen molar-refractivity contribution in [3.63, 3.8) is 0 Å². The van der Waals surface area contributed by atoms with Crippen molar-refractivity contribution in [2.45, 2.75) is 76.9 Å². The number of hydrogen-bond donors (Lipinski definition) is 3. The van der Waals surface area contributed by atoms with Crippen LogP contribution in [0, 0.1) is 11.8 Å². The van der Waals surface area contributed by atoms with E-state index in [1.54, 1.807) is 12.2 Å². The third-order valence-corrected chi connectivity index (χ3v) is 4.71. The minimum atomic E-state index is -0.801. The van der Waals surface area contributed by atoms with Crippen LogP contribution >= 0.6 is 0 Å². The Kier molecular flexibility index (Phi) is 10.3. The van der Waals surface area contributed by atoms with Gasteiger partial charge in [-0.2, -0.15) is 0 Å². The van der Waals surface area contributed by atoms with Gasteiger partial charge in [-0.1, -0.05) is 50.5 Å². The van der Waals surface area contributed by atoms with E-state index in [1.807, 2.05) is 12.2 Å². The summed E-state index contributed by atoms with van der Waals surface area (Å²) in [6, 6.07) is 0. The maximum Gasteiger partial charge on any atom is 0.303 e. The Balaban J connectivity index is 2.48. The lowest BCUT2D eigenvalue weighted by Gasteiger charge is -2.16. The van der Waals surface area contributed by atoms with Crippen molar-refractivity contribution in [1.29, 1.82) is 0 Å². The molecule has 1 rings (SSSR count). The van der Waals surface area contributed by atoms with Crippen LogP contribution in [0.3, 0.4) is 0 Å². The van der Waals surface area contributed by atoms with E-state index in [1.165, 1.54) is 0 Å². The van der Waals surface area contributed by atoms with Gasteiger partial charge < -0.3 is 15.3 Å². The fourth-order valence-corrected chi connectivity index (χ4v) is 3.22. The Morgan fingerprint density at radius 3 is 2.72 bits per heavy atom. The van der Waals surface area contributed by atoms with E-state index in [-0.39, 0.29) is 30.5 Å². The molecule has 0 heterocycles. The maximum atomic E-state index is 12.1. The highest BCUT2D eigenvalue weighted by molar-refractivity contribution is 5.84. The van der Waals surface area contributed by atoms with Gasteiger partial charge in [0.25, 0.3) is 0 Å². The fraction of sp³-hybridized carbons (Fsp3) is 0.700. The number of carboxylic acid groups (broad SMARTS) is 1. The monoisotopic (exact) mass is 352 g/mol. The van der Waals surface area contributed by atoms with Crippen LogP contribution in [0.15, 0.2) is 24.3 Å². The molecule has 1 aliphatic rings. The van der Waals surface area contributed by atoms with E-state index in [0.29, 0.717) is 25.7 Å². The van der Waals surface area contributed by atoms with Crippen molar-refractivity contribution in [3.05, 3.63) is 24.3 Å². The summed E-state index contributed by atoms with van der Waals surface area (Å²) in [6.45, 7) is 2.11. The molecule has 0 amide bonds. The summed E-state index contributed by atoms with van der Waals surface area (Å²) in [5.74, 6) is -1.26. The molecule has 5 heteroatoms. The first kappa shape index (κ1) is 21.6. The first-order valence-electron chi connectivity index (χ1n) is 9.39. The van der Waals surface area contributed by atoms with E-state index >= 15 is 0 Å². The Hall–Kier alpha value is -1.46. The van der Waals surface area contributed by atoms with Crippen LogP contribution < -0.4 is 0 Å². The van der Waals surface area contributed by atoms with Gasteiger partial charge in [-0.3, -0.25) is 9.59 Å². The van der Waals surface area contributed by atoms with Crippen molar-refractivity contribution in [3.8, 4) is 0 Å². The van der Waals surface area contributed by atoms with Gasteiger partial charge in [0.2, 0.25) is 0 Å². The lowest BCUT2D eigenvalue weighted by Crippen LogP contribution is -2.18. The van der Waals surface area contributed by atoms with E-state index < -0.39 is 18.2 Å². The van der Waals surface area contributed by atoms with Gasteiger partial charge in [0.15, 0.2) is 0 Å². The molecule has 1 saturated carbocycles. The molecule has 0 saturated heterocycles. The van der Waals surface area contributed by atoms with Crippen LogP contribution in [-0.4, -0.2) is 39.3 Å². The number of carbonyl (C=O) groups is 2. The number of allylic oxidation sites excluding steroid dienone is 2. The third-order valence-electron chi connectivity index (χ3n) is 4.71. The third kappa shape index (κ3) is 8.45. The predicted octanol–water partition coefficient (Wildman–Crippen LogP) is 3.25. The maximum absolute atomic E-state index is 12.1. The average Bonchev–Trinajstić information content (AvgIpc) is 2.82. The first-order chi connectivity index (χ1) is 12.0. The number of unbranched alkanes of at least 4 members (excludes halogenated alkanes) is 3. The van der Waals surface area contributed by atoms with E-state index in [2.05, 4.69) is 6.92 Å². The van der Waals surface area contributed by atoms with E-state index in [4.69, 9.17) is 5.11 Å². The topological polar surface area (TPSA) is 94.8 Å². The summed E-state index contributed by atoms with van der Waals surface area (Å²) in [6.07, 6.45) is 12.1. The molecule has 25 heavy (non-hydrogen) atoms. The molecule has 1 fully saturated rings. The number of carboxylic acids is 1. The lowest BCUT2D eigenvalue weighted by atomic mass is 9.90. The molecule has 3 N–H and O–H groups in total. The van der Waals surface area contributed by atoms with Crippen LogP contribution in [-0.2, 0) is 9.59 Å². The fourth-order valence-electron chi connectivity index (χ4n) is 3.22. The molecule has 5 nitrogen and oxygen atoms in total. The number of Topliss-reactive ketones (excluding diaryl/α,β-unsaturated/α-hetero) is 1. The molecule has 0 aliphatic heterocycles. The molecular formula is C20H32O5. The number of hydrogen-bond acceptors (Lipinski definition) is 4. The second-order valence-corrected chi connectivity index (χ2v) is 6.86. The predicted molar refractivity (Wildman–Crippen MR) is 97.1 cm³/mol. The minimum Gasteiger partial charge on any atom is -0.481 e. The van der Waals surface area contributed by atoms with Crippen LogP contribution in [0.1, 0.15) is 64.7 Å². The van der Waals surface area contributed by atoms with Gasteiger partial charge in [-0.15, -0.1) is 0 Å². The highest BCUT2D eigenvalue weighted by atomic mass is 16.4. The number of rotatable bonds is 12. The Bertz CT molecular complexity index is 469. The SMILES string of the molecule is CCCCC[C@H](O)/C=C/C1[C@H](O)CC(=O)[C@@H]1C/C=C\CCCC(=O)O. The quantitative estimate of drug-likeness (QED) is 0.370. The lowest BCUT2D eigenvalue weighted by molar-refractivity contribution is -0.137. The largest absolute Gasteiger partial charge is 0.481 e. The van der Waals surface area contributed by atoms with Gasteiger partial charge in [0.05, 0.1) is 12.2 Å². The molecule has 0 aromatic carbocycles. The van der Waals surface area contributed by atoms with Gasteiger partial charge in [-0.05, 0) is 25.7 Å². The number of ketones is 1. The van der Waals surface area contributed by atoms with Crippen LogP contribution in [0.2, 0.25) is 0 Å². The Morgan fingerprint density at radius 1 is 1.28 bits per heavy atom. The smallest absolute Gasteiger partial charge is 0.303 e. The van der Waals surface area contributed by atoms with Crippen molar-refractivity contribution >= 4 is 11.8 Å². The van der Waals surface area contributed by atoms with Crippen molar-refractivity contribution in [2.75, 3.05) is 0 Å². The van der Waals surface area contributed by atoms with Crippen molar-refractivity contribution in [1.82, 2.24) is 0 Å². The Morgan fingerprint density at radius 2 is 2.04 bits per heavy atom. The highest BCUT2D eigenvalue weighted by Crippen LogP contribution is 2.33. The first-order valence-corrected chi connectivity index (χ1v) is 9.39. The zero-order chi connectivity index (χ0) is 18.7. The van der Waals surface area contributed by atoms with Crippen molar-refractivity contribution in [2.24, 2.45) is 11.8 Å². The molecule has 0 spiro atoms.